The number of rotatable bonds is 4. The minimum atomic E-state index is -0.974. The monoisotopic (exact) mass is 328 g/mol. The summed E-state index contributed by atoms with van der Waals surface area (Å²) in [7, 11) is 0. The highest BCUT2D eigenvalue weighted by atomic mass is 19.1. The number of nitrogens with one attached hydrogen (secondary N) is 1. The average Bonchev–Trinajstić information content (AvgIpc) is 3.09. The van der Waals surface area contributed by atoms with Crippen LogP contribution in [-0.4, -0.2) is 31.0 Å². The van der Waals surface area contributed by atoms with Crippen molar-refractivity contribution >= 4 is 17.3 Å². The SMILES string of the molecule is O=C(Nc1cccc(-n2cnnn2)c1)c1ccc([N+](=O)[O-])cc1F. The fourth-order valence-electron chi connectivity index (χ4n) is 2.01. The summed E-state index contributed by atoms with van der Waals surface area (Å²) in [6.07, 6.45) is 1.39. The van der Waals surface area contributed by atoms with Crippen LogP contribution >= 0.6 is 0 Å². The number of aromatic nitrogens is 4. The lowest BCUT2D eigenvalue weighted by Gasteiger charge is -2.07. The van der Waals surface area contributed by atoms with E-state index in [0.717, 1.165) is 12.1 Å². The quantitative estimate of drug-likeness (QED) is 0.578. The molecule has 1 amide bonds. The number of benzene rings is 2. The van der Waals surface area contributed by atoms with Gasteiger partial charge in [0.1, 0.15) is 12.1 Å². The van der Waals surface area contributed by atoms with Gasteiger partial charge in [0.2, 0.25) is 0 Å². The standard InChI is InChI=1S/C14H9FN6O3/c15-13-7-11(21(23)24)4-5-12(13)14(22)17-9-2-1-3-10(6-9)20-8-16-18-19-20/h1-8H,(H,17,22). The highest BCUT2D eigenvalue weighted by molar-refractivity contribution is 6.04. The third-order valence-electron chi connectivity index (χ3n) is 3.13. The summed E-state index contributed by atoms with van der Waals surface area (Å²) in [5, 5.41) is 23.9. The maximum absolute atomic E-state index is 13.9. The fraction of sp³-hybridized carbons (Fsp3) is 0. The maximum atomic E-state index is 13.9. The predicted molar refractivity (Wildman–Crippen MR) is 80.2 cm³/mol. The predicted octanol–water partition coefficient (Wildman–Crippen LogP) is 1.96. The lowest BCUT2D eigenvalue weighted by Crippen LogP contribution is -2.14. The molecule has 1 aromatic heterocycles. The first-order valence-electron chi connectivity index (χ1n) is 6.63. The van der Waals surface area contributed by atoms with Crippen LogP contribution in [0.4, 0.5) is 15.8 Å². The van der Waals surface area contributed by atoms with Gasteiger partial charge < -0.3 is 5.32 Å². The summed E-state index contributed by atoms with van der Waals surface area (Å²) in [5.41, 5.74) is 0.269. The molecule has 0 aliphatic carbocycles. The first-order chi connectivity index (χ1) is 11.5. The zero-order valence-electron chi connectivity index (χ0n) is 12.0. The molecule has 0 unspecified atom stereocenters. The molecule has 0 fully saturated rings. The minimum absolute atomic E-state index is 0.298. The van der Waals surface area contributed by atoms with Crippen LogP contribution in [0.1, 0.15) is 10.4 Å². The second kappa shape index (κ2) is 6.20. The van der Waals surface area contributed by atoms with Crippen LogP contribution in [0.2, 0.25) is 0 Å². The van der Waals surface area contributed by atoms with E-state index in [1.165, 1.54) is 11.0 Å². The van der Waals surface area contributed by atoms with Gasteiger partial charge >= 0.3 is 0 Å². The molecule has 2 aromatic carbocycles. The van der Waals surface area contributed by atoms with Crippen LogP contribution in [0.3, 0.4) is 0 Å². The number of hydrogen-bond donors (Lipinski definition) is 1. The Balaban J connectivity index is 1.83. The minimum Gasteiger partial charge on any atom is -0.322 e. The number of tetrazole rings is 1. The van der Waals surface area contributed by atoms with Gasteiger partial charge in [-0.3, -0.25) is 14.9 Å². The van der Waals surface area contributed by atoms with Gasteiger partial charge in [0.05, 0.1) is 22.2 Å². The molecule has 1 heterocycles. The number of nitrogens with zero attached hydrogens (tertiary/aromatic N) is 5. The molecule has 0 bridgehead atoms. The van der Waals surface area contributed by atoms with Gasteiger partial charge in [-0.05, 0) is 34.7 Å². The zero-order valence-corrected chi connectivity index (χ0v) is 12.0. The van der Waals surface area contributed by atoms with Crippen molar-refractivity contribution in [1.82, 2.24) is 20.2 Å². The summed E-state index contributed by atoms with van der Waals surface area (Å²) < 4.78 is 15.3. The molecule has 10 heteroatoms. The van der Waals surface area contributed by atoms with Crippen molar-refractivity contribution in [3.8, 4) is 5.69 Å². The Hall–Kier alpha value is -3.69. The molecule has 3 rings (SSSR count). The van der Waals surface area contributed by atoms with E-state index in [1.54, 1.807) is 24.3 Å². The number of carbonyl (C=O) groups is 1. The van der Waals surface area contributed by atoms with E-state index >= 15 is 0 Å². The highest BCUT2D eigenvalue weighted by Crippen LogP contribution is 2.19. The molecule has 24 heavy (non-hydrogen) atoms. The number of carbonyl (C=O) groups excluding carboxylic acids is 1. The Morgan fingerprint density at radius 1 is 1.25 bits per heavy atom. The van der Waals surface area contributed by atoms with Gasteiger partial charge in [-0.15, -0.1) is 5.10 Å². The zero-order chi connectivity index (χ0) is 17.1. The van der Waals surface area contributed by atoms with Crippen molar-refractivity contribution < 1.29 is 14.1 Å². The van der Waals surface area contributed by atoms with E-state index in [2.05, 4.69) is 20.8 Å². The Morgan fingerprint density at radius 3 is 2.75 bits per heavy atom. The number of amides is 1. The number of hydrogen-bond acceptors (Lipinski definition) is 6. The van der Waals surface area contributed by atoms with Gasteiger partial charge in [-0.2, -0.15) is 0 Å². The number of halogens is 1. The summed E-state index contributed by atoms with van der Waals surface area (Å²) in [6, 6.07) is 9.42. The number of non-ortho nitro benzene ring substituents is 1. The Morgan fingerprint density at radius 2 is 2.08 bits per heavy atom. The van der Waals surface area contributed by atoms with Gasteiger partial charge in [-0.25, -0.2) is 9.07 Å². The second-order valence-electron chi connectivity index (χ2n) is 4.68. The van der Waals surface area contributed by atoms with Crippen molar-refractivity contribution in [2.75, 3.05) is 5.32 Å². The smallest absolute Gasteiger partial charge is 0.272 e. The van der Waals surface area contributed by atoms with Crippen LogP contribution in [0.15, 0.2) is 48.8 Å². The van der Waals surface area contributed by atoms with Crippen LogP contribution in [-0.2, 0) is 0 Å². The molecule has 0 saturated carbocycles. The second-order valence-corrected chi connectivity index (χ2v) is 4.68. The molecular weight excluding hydrogens is 319 g/mol. The Kier molecular flexibility index (Phi) is 3.93. The maximum Gasteiger partial charge on any atom is 0.272 e. The summed E-state index contributed by atoms with van der Waals surface area (Å²) in [4.78, 5) is 22.0. The molecular formula is C14H9FN6O3. The first kappa shape index (κ1) is 15.2. The summed E-state index contributed by atoms with van der Waals surface area (Å²) in [5.74, 6) is -1.70. The van der Waals surface area contributed by atoms with Gasteiger partial charge in [-0.1, -0.05) is 6.07 Å². The number of anilines is 1. The van der Waals surface area contributed by atoms with Crippen LogP contribution < -0.4 is 5.32 Å². The lowest BCUT2D eigenvalue weighted by molar-refractivity contribution is -0.385. The lowest BCUT2D eigenvalue weighted by atomic mass is 10.1. The van der Waals surface area contributed by atoms with E-state index in [-0.39, 0.29) is 5.56 Å². The summed E-state index contributed by atoms with van der Waals surface area (Å²) >= 11 is 0. The molecule has 3 aromatic rings. The molecule has 1 N–H and O–H groups in total. The van der Waals surface area contributed by atoms with E-state index in [4.69, 9.17) is 0 Å². The van der Waals surface area contributed by atoms with E-state index in [9.17, 15) is 19.3 Å². The molecule has 0 aliphatic rings. The fourth-order valence-corrected chi connectivity index (χ4v) is 2.01. The van der Waals surface area contributed by atoms with Crippen molar-refractivity contribution in [3.05, 3.63) is 70.3 Å². The Labute approximate surface area is 133 Å². The topological polar surface area (TPSA) is 116 Å². The first-order valence-corrected chi connectivity index (χ1v) is 6.63. The molecule has 0 radical (unpaired) electrons. The molecule has 0 atom stereocenters. The number of nitro groups is 1. The number of nitro benzene ring substituents is 1. The molecule has 0 saturated heterocycles. The third kappa shape index (κ3) is 3.06. The van der Waals surface area contributed by atoms with Crippen molar-refractivity contribution in [1.29, 1.82) is 0 Å². The summed E-state index contributed by atoms with van der Waals surface area (Å²) in [6.45, 7) is 0. The molecule has 9 nitrogen and oxygen atoms in total. The van der Waals surface area contributed by atoms with Crippen molar-refractivity contribution in [2.24, 2.45) is 0 Å². The Bertz CT molecular complexity index is 913. The van der Waals surface area contributed by atoms with Gasteiger partial charge in [0, 0.05) is 11.8 Å². The molecule has 0 aliphatic heterocycles. The van der Waals surface area contributed by atoms with E-state index < -0.39 is 22.3 Å². The normalized spacial score (nSPS) is 10.4. The average molecular weight is 328 g/mol. The van der Waals surface area contributed by atoms with E-state index in [0.29, 0.717) is 17.4 Å². The van der Waals surface area contributed by atoms with Crippen molar-refractivity contribution in [2.45, 2.75) is 0 Å². The highest BCUT2D eigenvalue weighted by Gasteiger charge is 2.16. The van der Waals surface area contributed by atoms with Crippen LogP contribution in [0, 0.1) is 15.9 Å². The third-order valence-corrected chi connectivity index (χ3v) is 3.13. The van der Waals surface area contributed by atoms with Crippen LogP contribution in [0.5, 0.6) is 0 Å². The van der Waals surface area contributed by atoms with Gasteiger partial charge in [0.25, 0.3) is 11.6 Å². The molecule has 120 valence electrons. The largest absolute Gasteiger partial charge is 0.322 e. The van der Waals surface area contributed by atoms with E-state index in [1.807, 2.05) is 0 Å². The molecule has 0 spiro atoms. The van der Waals surface area contributed by atoms with Crippen LogP contribution in [0.25, 0.3) is 5.69 Å². The van der Waals surface area contributed by atoms with Crippen molar-refractivity contribution in [3.63, 3.8) is 0 Å². The van der Waals surface area contributed by atoms with Gasteiger partial charge in [0.15, 0.2) is 0 Å².